The molecule has 5 heteroatoms. The first-order valence-corrected chi connectivity index (χ1v) is 6.21. The van der Waals surface area contributed by atoms with Gasteiger partial charge in [-0.3, -0.25) is 4.79 Å². The highest BCUT2D eigenvalue weighted by atomic mass is 16.5. The minimum absolute atomic E-state index is 0.273. The molecule has 3 atom stereocenters. The predicted octanol–water partition coefficient (Wildman–Crippen LogP) is -0.0509. The van der Waals surface area contributed by atoms with E-state index < -0.39 is 5.54 Å². The van der Waals surface area contributed by atoms with Crippen molar-refractivity contribution < 1.29 is 9.53 Å². The van der Waals surface area contributed by atoms with Crippen molar-refractivity contribution in [2.45, 2.75) is 44.4 Å². The third-order valence-corrected chi connectivity index (χ3v) is 3.96. The van der Waals surface area contributed by atoms with Crippen molar-refractivity contribution in [3.05, 3.63) is 0 Å². The number of hydrogen-bond acceptors (Lipinski definition) is 4. The van der Waals surface area contributed by atoms with E-state index in [0.29, 0.717) is 12.5 Å². The van der Waals surface area contributed by atoms with Crippen molar-refractivity contribution in [3.63, 3.8) is 0 Å². The van der Waals surface area contributed by atoms with Crippen LogP contribution in [0.15, 0.2) is 0 Å². The fourth-order valence-electron chi connectivity index (χ4n) is 2.24. The lowest BCUT2D eigenvalue weighted by Crippen LogP contribution is -2.53. The SMILES string of the molecule is CNC(C)(CCN(C)C1CCOC1C)C(N)=O. The van der Waals surface area contributed by atoms with Gasteiger partial charge in [-0.15, -0.1) is 0 Å². The van der Waals surface area contributed by atoms with Crippen molar-refractivity contribution in [1.82, 2.24) is 10.2 Å². The van der Waals surface area contributed by atoms with Gasteiger partial charge in [0.25, 0.3) is 0 Å². The van der Waals surface area contributed by atoms with Crippen LogP contribution >= 0.6 is 0 Å². The summed E-state index contributed by atoms with van der Waals surface area (Å²) in [6, 6.07) is 0.448. The lowest BCUT2D eigenvalue weighted by molar-refractivity contribution is -0.124. The smallest absolute Gasteiger partial charge is 0.237 e. The van der Waals surface area contributed by atoms with E-state index >= 15 is 0 Å². The summed E-state index contributed by atoms with van der Waals surface area (Å²) < 4.78 is 5.54. The minimum atomic E-state index is -0.628. The van der Waals surface area contributed by atoms with Crippen LogP contribution in [0.1, 0.15) is 26.7 Å². The molecule has 100 valence electrons. The van der Waals surface area contributed by atoms with Gasteiger partial charge in [0.2, 0.25) is 5.91 Å². The molecule has 0 bridgehead atoms. The Morgan fingerprint density at radius 1 is 1.65 bits per heavy atom. The molecule has 0 aromatic rings. The highest BCUT2D eigenvalue weighted by Gasteiger charge is 2.32. The molecule has 17 heavy (non-hydrogen) atoms. The van der Waals surface area contributed by atoms with E-state index in [0.717, 1.165) is 19.6 Å². The number of nitrogens with zero attached hydrogens (tertiary/aromatic N) is 1. The summed E-state index contributed by atoms with van der Waals surface area (Å²) >= 11 is 0. The van der Waals surface area contributed by atoms with E-state index in [9.17, 15) is 4.79 Å². The summed E-state index contributed by atoms with van der Waals surface area (Å²) in [5, 5.41) is 3.00. The second-order valence-electron chi connectivity index (χ2n) is 5.11. The zero-order chi connectivity index (χ0) is 13.1. The second kappa shape index (κ2) is 5.80. The van der Waals surface area contributed by atoms with Crippen molar-refractivity contribution in [2.75, 3.05) is 27.2 Å². The summed E-state index contributed by atoms with van der Waals surface area (Å²) in [5.74, 6) is -0.302. The van der Waals surface area contributed by atoms with Crippen LogP contribution in [0, 0.1) is 0 Å². The molecule has 0 spiro atoms. The van der Waals surface area contributed by atoms with Crippen molar-refractivity contribution >= 4 is 5.91 Å². The maximum atomic E-state index is 11.4. The van der Waals surface area contributed by atoms with Crippen LogP contribution in [0.2, 0.25) is 0 Å². The molecule has 1 amide bonds. The highest BCUT2D eigenvalue weighted by molar-refractivity contribution is 5.84. The molecular weight excluding hydrogens is 218 g/mol. The quantitative estimate of drug-likeness (QED) is 0.686. The second-order valence-corrected chi connectivity index (χ2v) is 5.11. The van der Waals surface area contributed by atoms with Crippen LogP contribution in [-0.2, 0) is 9.53 Å². The number of carbonyl (C=O) groups excluding carboxylic acids is 1. The molecule has 1 saturated heterocycles. The molecule has 1 fully saturated rings. The number of carbonyl (C=O) groups is 1. The zero-order valence-corrected chi connectivity index (χ0v) is 11.3. The monoisotopic (exact) mass is 243 g/mol. The van der Waals surface area contributed by atoms with Gasteiger partial charge in [-0.1, -0.05) is 0 Å². The number of amides is 1. The van der Waals surface area contributed by atoms with Gasteiger partial charge in [-0.2, -0.15) is 0 Å². The third kappa shape index (κ3) is 3.40. The third-order valence-electron chi connectivity index (χ3n) is 3.96. The Balaban J connectivity index is 2.46. The minimum Gasteiger partial charge on any atom is -0.377 e. The van der Waals surface area contributed by atoms with Gasteiger partial charge in [-0.25, -0.2) is 0 Å². The lowest BCUT2D eigenvalue weighted by atomic mass is 9.96. The maximum absolute atomic E-state index is 11.4. The van der Waals surface area contributed by atoms with E-state index in [4.69, 9.17) is 10.5 Å². The molecule has 3 unspecified atom stereocenters. The van der Waals surface area contributed by atoms with Crippen LogP contribution < -0.4 is 11.1 Å². The molecule has 3 N–H and O–H groups in total. The Labute approximate surface area is 104 Å². The van der Waals surface area contributed by atoms with Gasteiger partial charge in [0.1, 0.15) is 0 Å². The van der Waals surface area contributed by atoms with Crippen LogP contribution in [0.5, 0.6) is 0 Å². The topological polar surface area (TPSA) is 67.6 Å². The zero-order valence-electron chi connectivity index (χ0n) is 11.3. The largest absolute Gasteiger partial charge is 0.377 e. The number of hydrogen-bond donors (Lipinski definition) is 2. The molecule has 0 radical (unpaired) electrons. The van der Waals surface area contributed by atoms with Crippen LogP contribution in [0.25, 0.3) is 0 Å². The van der Waals surface area contributed by atoms with Gasteiger partial charge in [-0.05, 0) is 40.8 Å². The Morgan fingerprint density at radius 3 is 2.71 bits per heavy atom. The fraction of sp³-hybridized carbons (Fsp3) is 0.917. The molecule has 1 heterocycles. The molecule has 0 aromatic heterocycles. The standard InChI is InChI=1S/C12H25N3O2/c1-9-10(5-8-17-9)15(4)7-6-12(2,14-3)11(13)16/h9-10,14H,5-8H2,1-4H3,(H2,13,16). The molecule has 5 nitrogen and oxygen atoms in total. The van der Waals surface area contributed by atoms with Crippen LogP contribution in [0.4, 0.5) is 0 Å². The first-order chi connectivity index (χ1) is 7.90. The summed E-state index contributed by atoms with van der Waals surface area (Å²) in [6.45, 7) is 5.60. The number of nitrogens with two attached hydrogens (primary N) is 1. The van der Waals surface area contributed by atoms with E-state index in [-0.39, 0.29) is 12.0 Å². The van der Waals surface area contributed by atoms with Crippen molar-refractivity contribution in [1.29, 1.82) is 0 Å². The normalized spacial score (nSPS) is 28.3. The number of likely N-dealkylation sites (N-methyl/N-ethyl adjacent to an activating group) is 2. The maximum Gasteiger partial charge on any atom is 0.237 e. The molecular formula is C12H25N3O2. The average molecular weight is 243 g/mol. The molecule has 0 saturated carbocycles. The Morgan fingerprint density at radius 2 is 2.29 bits per heavy atom. The van der Waals surface area contributed by atoms with Gasteiger partial charge < -0.3 is 20.7 Å². The van der Waals surface area contributed by atoms with Gasteiger partial charge in [0.05, 0.1) is 11.6 Å². The van der Waals surface area contributed by atoms with E-state index in [2.05, 4.69) is 24.2 Å². The number of ether oxygens (including phenoxy) is 1. The Bertz CT molecular complexity index is 272. The molecule has 0 aromatic carbocycles. The Kier molecular flexibility index (Phi) is 4.91. The van der Waals surface area contributed by atoms with E-state index in [1.807, 2.05) is 6.92 Å². The first kappa shape index (κ1) is 14.4. The molecule has 1 aliphatic rings. The number of rotatable bonds is 6. The fourth-order valence-corrected chi connectivity index (χ4v) is 2.24. The van der Waals surface area contributed by atoms with Gasteiger partial charge >= 0.3 is 0 Å². The first-order valence-electron chi connectivity index (χ1n) is 6.21. The lowest BCUT2D eigenvalue weighted by Gasteiger charge is -2.31. The van der Waals surface area contributed by atoms with Crippen LogP contribution in [-0.4, -0.2) is 55.7 Å². The summed E-state index contributed by atoms with van der Waals surface area (Å²) in [5.41, 5.74) is 4.78. The van der Waals surface area contributed by atoms with Crippen molar-refractivity contribution in [2.24, 2.45) is 5.73 Å². The van der Waals surface area contributed by atoms with Crippen molar-refractivity contribution in [3.8, 4) is 0 Å². The molecule has 1 aliphatic heterocycles. The summed E-state index contributed by atoms with van der Waals surface area (Å²) in [7, 11) is 3.85. The van der Waals surface area contributed by atoms with E-state index in [1.165, 1.54) is 0 Å². The summed E-state index contributed by atoms with van der Waals surface area (Å²) in [6.07, 6.45) is 2.04. The van der Waals surface area contributed by atoms with Gasteiger partial charge in [0.15, 0.2) is 0 Å². The molecule has 1 rings (SSSR count). The predicted molar refractivity (Wildman–Crippen MR) is 67.7 cm³/mol. The van der Waals surface area contributed by atoms with Gasteiger partial charge in [0, 0.05) is 19.2 Å². The van der Waals surface area contributed by atoms with Crippen LogP contribution in [0.3, 0.4) is 0 Å². The summed E-state index contributed by atoms with van der Waals surface area (Å²) in [4.78, 5) is 13.6. The number of primary amides is 1. The van der Waals surface area contributed by atoms with E-state index in [1.54, 1.807) is 7.05 Å². The highest BCUT2D eigenvalue weighted by Crippen LogP contribution is 2.19. The molecule has 0 aliphatic carbocycles. The Hall–Kier alpha value is -0.650. The number of nitrogens with one attached hydrogen (secondary N) is 1. The average Bonchev–Trinajstić information content (AvgIpc) is 2.71.